The maximum atomic E-state index is 10.9. The standard InChI is InChI=1S/C13H18N2O2S/c1-8-11(13(16)17)5-6-12(14-8)15-9-3-4-10(7-9)18-2/h5-6,9-10H,3-4,7H2,1-2H3,(H,14,15)(H,16,17). The van der Waals surface area contributed by atoms with Crippen LogP contribution in [0.1, 0.15) is 35.3 Å². The predicted molar refractivity (Wildman–Crippen MR) is 74.5 cm³/mol. The van der Waals surface area contributed by atoms with Crippen molar-refractivity contribution in [1.82, 2.24) is 4.98 Å². The van der Waals surface area contributed by atoms with Crippen molar-refractivity contribution in [3.63, 3.8) is 0 Å². The fraction of sp³-hybridized carbons (Fsp3) is 0.538. The highest BCUT2D eigenvalue weighted by Crippen LogP contribution is 2.30. The number of pyridine rings is 1. The van der Waals surface area contributed by atoms with Crippen molar-refractivity contribution in [2.45, 2.75) is 37.5 Å². The number of aromatic nitrogens is 1. The Hall–Kier alpha value is -1.23. The zero-order valence-electron chi connectivity index (χ0n) is 10.6. The Labute approximate surface area is 111 Å². The summed E-state index contributed by atoms with van der Waals surface area (Å²) in [6.45, 7) is 1.73. The average Bonchev–Trinajstić information content (AvgIpc) is 2.76. The van der Waals surface area contributed by atoms with Crippen molar-refractivity contribution < 1.29 is 9.90 Å². The van der Waals surface area contributed by atoms with E-state index in [1.807, 2.05) is 11.8 Å². The number of anilines is 1. The van der Waals surface area contributed by atoms with E-state index < -0.39 is 5.97 Å². The van der Waals surface area contributed by atoms with Gasteiger partial charge in [0.2, 0.25) is 0 Å². The zero-order valence-corrected chi connectivity index (χ0v) is 11.5. The summed E-state index contributed by atoms with van der Waals surface area (Å²) in [6.07, 6.45) is 5.71. The molecule has 98 valence electrons. The Morgan fingerprint density at radius 3 is 2.83 bits per heavy atom. The number of nitrogens with zero attached hydrogens (tertiary/aromatic N) is 1. The molecule has 1 saturated carbocycles. The topological polar surface area (TPSA) is 62.2 Å². The maximum Gasteiger partial charge on any atom is 0.337 e. The highest BCUT2D eigenvalue weighted by atomic mass is 32.2. The van der Waals surface area contributed by atoms with Crippen LogP contribution in [0.15, 0.2) is 12.1 Å². The van der Waals surface area contributed by atoms with Crippen LogP contribution in [0.4, 0.5) is 5.82 Å². The van der Waals surface area contributed by atoms with Crippen molar-refractivity contribution in [2.75, 3.05) is 11.6 Å². The van der Waals surface area contributed by atoms with E-state index in [0.29, 0.717) is 11.7 Å². The normalized spacial score (nSPS) is 23.0. The van der Waals surface area contributed by atoms with Crippen molar-refractivity contribution in [3.05, 3.63) is 23.4 Å². The van der Waals surface area contributed by atoms with E-state index in [1.54, 1.807) is 19.1 Å². The number of carbonyl (C=O) groups is 1. The number of nitrogens with one attached hydrogen (secondary N) is 1. The first-order valence-corrected chi connectivity index (χ1v) is 7.39. The van der Waals surface area contributed by atoms with Gasteiger partial charge in [0.1, 0.15) is 5.82 Å². The van der Waals surface area contributed by atoms with Crippen LogP contribution in [0.3, 0.4) is 0 Å². The van der Waals surface area contributed by atoms with E-state index in [9.17, 15) is 4.79 Å². The van der Waals surface area contributed by atoms with Crippen LogP contribution in [0.2, 0.25) is 0 Å². The minimum atomic E-state index is -0.921. The molecule has 2 unspecified atom stereocenters. The van der Waals surface area contributed by atoms with Crippen LogP contribution >= 0.6 is 11.8 Å². The predicted octanol–water partition coefficient (Wildman–Crippen LogP) is 2.78. The van der Waals surface area contributed by atoms with Gasteiger partial charge in [0.25, 0.3) is 0 Å². The molecule has 1 fully saturated rings. The molecule has 2 rings (SSSR count). The Bertz CT molecular complexity index is 451. The van der Waals surface area contributed by atoms with Crippen LogP contribution in [0.25, 0.3) is 0 Å². The number of rotatable bonds is 4. The Kier molecular flexibility index (Phi) is 4.11. The summed E-state index contributed by atoms with van der Waals surface area (Å²) >= 11 is 1.92. The molecule has 2 N–H and O–H groups in total. The largest absolute Gasteiger partial charge is 0.478 e. The molecule has 1 aliphatic carbocycles. The maximum absolute atomic E-state index is 10.9. The Morgan fingerprint density at radius 2 is 2.28 bits per heavy atom. The number of hydrogen-bond donors (Lipinski definition) is 2. The number of carboxylic acid groups (broad SMARTS) is 1. The van der Waals surface area contributed by atoms with Gasteiger partial charge in [0.05, 0.1) is 11.3 Å². The number of thioether (sulfide) groups is 1. The third kappa shape index (κ3) is 2.96. The van der Waals surface area contributed by atoms with Gasteiger partial charge in [0.15, 0.2) is 0 Å². The summed E-state index contributed by atoms with van der Waals surface area (Å²) in [7, 11) is 0. The van der Waals surface area contributed by atoms with E-state index in [4.69, 9.17) is 5.11 Å². The number of carboxylic acids is 1. The van der Waals surface area contributed by atoms with Gasteiger partial charge in [0, 0.05) is 11.3 Å². The van der Waals surface area contributed by atoms with Gasteiger partial charge in [-0.3, -0.25) is 0 Å². The molecule has 1 aromatic rings. The van der Waals surface area contributed by atoms with Gasteiger partial charge < -0.3 is 10.4 Å². The second-order valence-corrected chi connectivity index (χ2v) is 5.78. The lowest BCUT2D eigenvalue weighted by Crippen LogP contribution is -2.17. The van der Waals surface area contributed by atoms with Crippen LogP contribution in [0, 0.1) is 6.92 Å². The Morgan fingerprint density at radius 1 is 1.50 bits per heavy atom. The summed E-state index contributed by atoms with van der Waals surface area (Å²) in [6, 6.07) is 3.83. The summed E-state index contributed by atoms with van der Waals surface area (Å²) in [4.78, 5) is 15.2. The molecule has 0 saturated heterocycles. The van der Waals surface area contributed by atoms with Crippen LogP contribution in [-0.2, 0) is 0 Å². The summed E-state index contributed by atoms with van der Waals surface area (Å²) in [5.41, 5.74) is 0.834. The molecule has 2 atom stereocenters. The van der Waals surface area contributed by atoms with E-state index >= 15 is 0 Å². The molecule has 5 heteroatoms. The SMILES string of the molecule is CSC1CCC(Nc2ccc(C(=O)O)c(C)n2)C1. The molecular formula is C13H18N2O2S. The van der Waals surface area contributed by atoms with E-state index in [2.05, 4.69) is 16.6 Å². The van der Waals surface area contributed by atoms with E-state index in [1.165, 1.54) is 6.42 Å². The fourth-order valence-electron chi connectivity index (χ4n) is 2.36. The van der Waals surface area contributed by atoms with Crippen molar-refractivity contribution in [3.8, 4) is 0 Å². The van der Waals surface area contributed by atoms with Gasteiger partial charge in [-0.2, -0.15) is 11.8 Å². The van der Waals surface area contributed by atoms with Crippen molar-refractivity contribution in [2.24, 2.45) is 0 Å². The number of aromatic carboxylic acids is 1. The van der Waals surface area contributed by atoms with Gasteiger partial charge in [-0.25, -0.2) is 9.78 Å². The minimum Gasteiger partial charge on any atom is -0.478 e. The highest BCUT2D eigenvalue weighted by molar-refractivity contribution is 7.99. The molecule has 18 heavy (non-hydrogen) atoms. The van der Waals surface area contributed by atoms with Crippen LogP contribution in [0.5, 0.6) is 0 Å². The molecule has 1 aliphatic rings. The third-order valence-corrected chi connectivity index (χ3v) is 4.48. The Balaban J connectivity index is 2.02. The number of aryl methyl sites for hydroxylation is 1. The van der Waals surface area contributed by atoms with Gasteiger partial charge in [-0.05, 0) is 44.6 Å². The van der Waals surface area contributed by atoms with Crippen LogP contribution < -0.4 is 5.32 Å². The minimum absolute atomic E-state index is 0.272. The van der Waals surface area contributed by atoms with Gasteiger partial charge in [-0.1, -0.05) is 0 Å². The molecule has 0 spiro atoms. The lowest BCUT2D eigenvalue weighted by molar-refractivity contribution is 0.0695. The van der Waals surface area contributed by atoms with Crippen LogP contribution in [-0.4, -0.2) is 33.6 Å². The van der Waals surface area contributed by atoms with Crippen molar-refractivity contribution >= 4 is 23.5 Å². The first-order valence-electron chi connectivity index (χ1n) is 6.10. The summed E-state index contributed by atoms with van der Waals surface area (Å²) in [5, 5.41) is 13.1. The summed E-state index contributed by atoms with van der Waals surface area (Å²) in [5.74, 6) is -0.140. The second-order valence-electron chi connectivity index (χ2n) is 4.65. The number of hydrogen-bond acceptors (Lipinski definition) is 4. The molecule has 1 heterocycles. The van der Waals surface area contributed by atoms with E-state index in [-0.39, 0.29) is 5.56 Å². The first kappa shape index (κ1) is 13.2. The average molecular weight is 266 g/mol. The highest BCUT2D eigenvalue weighted by Gasteiger charge is 2.24. The lowest BCUT2D eigenvalue weighted by Gasteiger charge is -2.14. The smallest absolute Gasteiger partial charge is 0.337 e. The second kappa shape index (κ2) is 5.61. The van der Waals surface area contributed by atoms with Gasteiger partial charge >= 0.3 is 5.97 Å². The molecule has 0 amide bonds. The molecule has 0 radical (unpaired) electrons. The lowest BCUT2D eigenvalue weighted by atomic mass is 10.2. The fourth-order valence-corrected chi connectivity index (χ4v) is 3.16. The summed E-state index contributed by atoms with van der Waals surface area (Å²) < 4.78 is 0. The monoisotopic (exact) mass is 266 g/mol. The molecule has 0 aliphatic heterocycles. The molecule has 1 aromatic heterocycles. The van der Waals surface area contributed by atoms with E-state index in [0.717, 1.165) is 23.9 Å². The molecule has 0 aromatic carbocycles. The third-order valence-electron chi connectivity index (χ3n) is 3.39. The van der Waals surface area contributed by atoms with Gasteiger partial charge in [-0.15, -0.1) is 0 Å². The molecule has 4 nitrogen and oxygen atoms in total. The quantitative estimate of drug-likeness (QED) is 0.877. The van der Waals surface area contributed by atoms with Crippen molar-refractivity contribution in [1.29, 1.82) is 0 Å². The first-order chi connectivity index (χ1) is 8.60. The zero-order chi connectivity index (χ0) is 13.1. The molecule has 0 bridgehead atoms. The molecular weight excluding hydrogens is 248 g/mol.